The van der Waals surface area contributed by atoms with E-state index < -0.39 is 5.60 Å². The van der Waals surface area contributed by atoms with Crippen LogP contribution in [0.5, 0.6) is 5.75 Å². The van der Waals surface area contributed by atoms with E-state index in [0.29, 0.717) is 6.42 Å². The minimum absolute atomic E-state index is 0.128. The Kier molecular flexibility index (Phi) is 2.14. The first kappa shape index (κ1) is 9.71. The molecule has 1 aliphatic rings. The van der Waals surface area contributed by atoms with Crippen LogP contribution in [0.4, 0.5) is 0 Å². The van der Waals surface area contributed by atoms with Crippen LogP contribution >= 0.6 is 15.9 Å². The highest BCUT2D eigenvalue weighted by molar-refractivity contribution is 9.10. The third kappa shape index (κ3) is 1.57. The van der Waals surface area contributed by atoms with E-state index in [1.165, 1.54) is 0 Å². The number of fused-ring (bicyclic) bond motifs is 1. The third-order valence-corrected chi connectivity index (χ3v) is 2.90. The second kappa shape index (κ2) is 3.09. The lowest BCUT2D eigenvalue weighted by Crippen LogP contribution is -2.42. The molecule has 0 radical (unpaired) electrons. The number of carbonyl (C=O) groups is 1. The van der Waals surface area contributed by atoms with Crippen molar-refractivity contribution in [2.75, 3.05) is 0 Å². The summed E-state index contributed by atoms with van der Waals surface area (Å²) in [5.74, 6) is 0.945. The fourth-order valence-corrected chi connectivity index (χ4v) is 1.91. The van der Waals surface area contributed by atoms with Crippen LogP contribution in [0.1, 0.15) is 19.4 Å². The predicted octanol–water partition coefficient (Wildman–Crippen LogP) is 2.73. The number of hydrogen-bond acceptors (Lipinski definition) is 2. The fourth-order valence-electron chi connectivity index (χ4n) is 1.50. The number of carbonyl (C=O) groups excluding carboxylic acids is 1. The number of Topliss-reactive ketones (excluding diaryl/α,β-unsaturated/α-hetero) is 1. The van der Waals surface area contributed by atoms with Gasteiger partial charge in [-0.15, -0.1) is 0 Å². The molecule has 2 nitrogen and oxygen atoms in total. The third-order valence-electron chi connectivity index (χ3n) is 2.41. The Labute approximate surface area is 91.4 Å². The summed E-state index contributed by atoms with van der Waals surface area (Å²) in [6.45, 7) is 3.61. The quantitative estimate of drug-likeness (QED) is 0.712. The molecular formula is C11H11BrO2. The summed E-state index contributed by atoms with van der Waals surface area (Å²) in [6, 6.07) is 5.75. The molecule has 2 rings (SSSR count). The van der Waals surface area contributed by atoms with Gasteiger partial charge in [0.1, 0.15) is 5.75 Å². The van der Waals surface area contributed by atoms with Gasteiger partial charge in [0.25, 0.3) is 0 Å². The number of ether oxygens (including phenoxy) is 1. The Morgan fingerprint density at radius 3 is 2.86 bits per heavy atom. The SMILES string of the molecule is CC1(C)Oc2ccc(Br)cc2CC1=O. The Bertz CT molecular complexity index is 396. The van der Waals surface area contributed by atoms with Gasteiger partial charge in [-0.2, -0.15) is 0 Å². The maximum atomic E-state index is 11.6. The number of rotatable bonds is 0. The lowest BCUT2D eigenvalue weighted by molar-refractivity contribution is -0.132. The summed E-state index contributed by atoms with van der Waals surface area (Å²) in [5, 5.41) is 0. The van der Waals surface area contributed by atoms with Crippen LogP contribution in [0.25, 0.3) is 0 Å². The van der Waals surface area contributed by atoms with Crippen molar-refractivity contribution >= 4 is 21.7 Å². The van der Waals surface area contributed by atoms with Gasteiger partial charge < -0.3 is 4.74 Å². The molecule has 0 saturated carbocycles. The van der Waals surface area contributed by atoms with E-state index >= 15 is 0 Å². The zero-order chi connectivity index (χ0) is 10.3. The summed E-state index contributed by atoms with van der Waals surface area (Å²) in [6.07, 6.45) is 0.460. The highest BCUT2D eigenvalue weighted by Crippen LogP contribution is 2.32. The topological polar surface area (TPSA) is 26.3 Å². The van der Waals surface area contributed by atoms with Gasteiger partial charge in [0.05, 0.1) is 0 Å². The van der Waals surface area contributed by atoms with E-state index in [9.17, 15) is 4.79 Å². The highest BCUT2D eigenvalue weighted by Gasteiger charge is 2.34. The maximum Gasteiger partial charge on any atom is 0.180 e. The van der Waals surface area contributed by atoms with Crippen LogP contribution in [0, 0.1) is 0 Å². The minimum atomic E-state index is -0.680. The summed E-state index contributed by atoms with van der Waals surface area (Å²) in [7, 11) is 0. The molecule has 1 aliphatic heterocycles. The molecule has 1 aromatic rings. The molecule has 3 heteroatoms. The van der Waals surface area contributed by atoms with Crippen molar-refractivity contribution in [2.24, 2.45) is 0 Å². The Balaban J connectivity index is 2.46. The highest BCUT2D eigenvalue weighted by atomic mass is 79.9. The molecule has 0 atom stereocenters. The molecule has 1 heterocycles. The average molecular weight is 255 g/mol. The second-order valence-corrected chi connectivity index (χ2v) is 4.88. The molecule has 1 aromatic carbocycles. The first-order valence-electron chi connectivity index (χ1n) is 4.50. The molecular weight excluding hydrogens is 244 g/mol. The van der Waals surface area contributed by atoms with Crippen LogP contribution in [-0.2, 0) is 11.2 Å². The number of benzene rings is 1. The van der Waals surface area contributed by atoms with Crippen molar-refractivity contribution in [1.29, 1.82) is 0 Å². The average Bonchev–Trinajstić information content (AvgIpc) is 2.08. The van der Waals surface area contributed by atoms with Gasteiger partial charge in [0, 0.05) is 16.5 Å². The Morgan fingerprint density at radius 2 is 2.14 bits per heavy atom. The summed E-state index contributed by atoms with van der Waals surface area (Å²) >= 11 is 3.37. The van der Waals surface area contributed by atoms with E-state index in [1.807, 2.05) is 18.2 Å². The van der Waals surface area contributed by atoms with Gasteiger partial charge >= 0.3 is 0 Å². The standard InChI is InChI=1S/C11H11BrO2/c1-11(2)10(13)6-7-5-8(12)3-4-9(7)14-11/h3-5H,6H2,1-2H3. The molecule has 0 unspecified atom stereocenters. The molecule has 0 saturated heterocycles. The second-order valence-electron chi connectivity index (χ2n) is 3.96. The molecule has 0 spiro atoms. The van der Waals surface area contributed by atoms with Gasteiger partial charge in [0.2, 0.25) is 0 Å². The van der Waals surface area contributed by atoms with Crippen molar-refractivity contribution in [3.63, 3.8) is 0 Å². The van der Waals surface area contributed by atoms with E-state index in [2.05, 4.69) is 15.9 Å². The predicted molar refractivity (Wildman–Crippen MR) is 57.6 cm³/mol. The molecule has 14 heavy (non-hydrogen) atoms. The van der Waals surface area contributed by atoms with Gasteiger partial charge in [-0.05, 0) is 32.0 Å². The summed E-state index contributed by atoms with van der Waals surface area (Å²) in [4.78, 5) is 11.6. The van der Waals surface area contributed by atoms with E-state index in [1.54, 1.807) is 13.8 Å². The number of hydrogen-bond donors (Lipinski definition) is 0. The van der Waals surface area contributed by atoms with Crippen LogP contribution in [0.3, 0.4) is 0 Å². The van der Waals surface area contributed by atoms with Crippen molar-refractivity contribution in [3.05, 3.63) is 28.2 Å². The van der Waals surface area contributed by atoms with Gasteiger partial charge in [-0.3, -0.25) is 4.79 Å². The fraction of sp³-hybridized carbons (Fsp3) is 0.364. The largest absolute Gasteiger partial charge is 0.480 e. The molecule has 0 N–H and O–H groups in total. The summed E-state index contributed by atoms with van der Waals surface area (Å²) in [5.41, 5.74) is 0.282. The van der Waals surface area contributed by atoms with Crippen molar-refractivity contribution in [1.82, 2.24) is 0 Å². The van der Waals surface area contributed by atoms with Crippen LogP contribution in [0.15, 0.2) is 22.7 Å². The molecule has 0 bridgehead atoms. The normalized spacial score (nSPS) is 18.6. The van der Waals surface area contributed by atoms with Crippen LogP contribution in [-0.4, -0.2) is 11.4 Å². The molecule has 0 fully saturated rings. The smallest absolute Gasteiger partial charge is 0.180 e. The van der Waals surface area contributed by atoms with Crippen LogP contribution in [0.2, 0.25) is 0 Å². The van der Waals surface area contributed by atoms with Gasteiger partial charge in [0.15, 0.2) is 11.4 Å². The first-order valence-corrected chi connectivity index (χ1v) is 5.29. The lowest BCUT2D eigenvalue weighted by Gasteiger charge is -2.31. The zero-order valence-electron chi connectivity index (χ0n) is 8.13. The van der Waals surface area contributed by atoms with Gasteiger partial charge in [-0.1, -0.05) is 15.9 Å². The lowest BCUT2D eigenvalue weighted by atomic mass is 9.93. The molecule has 0 amide bonds. The number of ketones is 1. The molecule has 74 valence electrons. The van der Waals surface area contributed by atoms with Crippen molar-refractivity contribution < 1.29 is 9.53 Å². The van der Waals surface area contributed by atoms with Crippen LogP contribution < -0.4 is 4.74 Å². The Hall–Kier alpha value is -0.830. The minimum Gasteiger partial charge on any atom is -0.480 e. The summed E-state index contributed by atoms with van der Waals surface area (Å²) < 4.78 is 6.60. The van der Waals surface area contributed by atoms with Gasteiger partial charge in [-0.25, -0.2) is 0 Å². The Morgan fingerprint density at radius 1 is 1.43 bits per heavy atom. The first-order chi connectivity index (χ1) is 6.49. The van der Waals surface area contributed by atoms with Crippen molar-refractivity contribution in [3.8, 4) is 5.75 Å². The zero-order valence-corrected chi connectivity index (χ0v) is 9.72. The number of halogens is 1. The van der Waals surface area contributed by atoms with Crippen molar-refractivity contribution in [2.45, 2.75) is 25.9 Å². The molecule has 0 aliphatic carbocycles. The van der Waals surface area contributed by atoms with E-state index in [4.69, 9.17) is 4.74 Å². The maximum absolute atomic E-state index is 11.6. The molecule has 0 aromatic heterocycles. The van der Waals surface area contributed by atoms with E-state index in [-0.39, 0.29) is 5.78 Å². The van der Waals surface area contributed by atoms with E-state index in [0.717, 1.165) is 15.8 Å². The monoisotopic (exact) mass is 254 g/mol.